The van der Waals surface area contributed by atoms with Gasteiger partial charge in [0.2, 0.25) is 0 Å². The lowest BCUT2D eigenvalue weighted by molar-refractivity contribution is 0.112. The molecule has 0 fully saturated rings. The van der Waals surface area contributed by atoms with Crippen LogP contribution in [0.1, 0.15) is 27.2 Å². The number of benzene rings is 1. The molecule has 0 saturated carbocycles. The number of carbonyl (C=O) groups is 1. The van der Waals surface area contributed by atoms with Crippen molar-refractivity contribution < 1.29 is 4.79 Å². The van der Waals surface area contributed by atoms with Crippen LogP contribution in [-0.4, -0.2) is 10.9 Å². The Labute approximate surface area is 101 Å². The van der Waals surface area contributed by atoms with Crippen LogP contribution < -0.4 is 0 Å². The predicted molar refractivity (Wildman–Crippen MR) is 68.4 cm³/mol. The Morgan fingerprint density at radius 2 is 2.00 bits per heavy atom. The number of carbonyl (C=O) groups excluding carboxylic acids is 1. The number of aldehydes is 1. The monoisotopic (exact) mass is 225 g/mol. The summed E-state index contributed by atoms with van der Waals surface area (Å²) in [6.45, 7) is 5.11. The molecule has 86 valence electrons. The van der Waals surface area contributed by atoms with E-state index in [-0.39, 0.29) is 0 Å². The number of aryl methyl sites for hydroxylation is 1. The zero-order valence-corrected chi connectivity index (χ0v) is 10.2. The predicted octanol–water partition coefficient (Wildman–Crippen LogP) is 3.14. The van der Waals surface area contributed by atoms with Crippen molar-refractivity contribution in [3.63, 3.8) is 0 Å². The van der Waals surface area contributed by atoms with Crippen LogP contribution in [0.4, 0.5) is 0 Å². The first-order valence-corrected chi connectivity index (χ1v) is 5.97. The average molecular weight is 225 g/mol. The summed E-state index contributed by atoms with van der Waals surface area (Å²) in [7, 11) is 0. The van der Waals surface area contributed by atoms with E-state index in [0.29, 0.717) is 0 Å². The second-order valence-electron chi connectivity index (χ2n) is 4.65. The fraction of sp³-hybridized carbons (Fsp3) is 0.267. The van der Waals surface area contributed by atoms with Crippen molar-refractivity contribution in [2.24, 2.45) is 0 Å². The third-order valence-corrected chi connectivity index (χ3v) is 3.87. The van der Waals surface area contributed by atoms with Crippen molar-refractivity contribution in [3.05, 3.63) is 46.6 Å². The summed E-state index contributed by atoms with van der Waals surface area (Å²) >= 11 is 0. The van der Waals surface area contributed by atoms with E-state index in [1.54, 1.807) is 0 Å². The summed E-state index contributed by atoms with van der Waals surface area (Å²) in [4.78, 5) is 11.3. The van der Waals surface area contributed by atoms with Gasteiger partial charge in [0, 0.05) is 23.4 Å². The van der Waals surface area contributed by atoms with Crippen LogP contribution in [0.3, 0.4) is 0 Å². The smallest absolute Gasteiger partial charge is 0.152 e. The van der Waals surface area contributed by atoms with E-state index in [1.165, 1.54) is 16.8 Å². The molecule has 1 aliphatic heterocycles. The molecule has 0 bridgehead atoms. The zero-order chi connectivity index (χ0) is 12.0. The highest BCUT2D eigenvalue weighted by molar-refractivity contribution is 5.90. The third kappa shape index (κ3) is 1.30. The van der Waals surface area contributed by atoms with Crippen LogP contribution in [0.25, 0.3) is 11.3 Å². The molecule has 0 saturated heterocycles. The number of aromatic nitrogens is 1. The van der Waals surface area contributed by atoms with Gasteiger partial charge in [-0.1, -0.05) is 24.3 Å². The SMILES string of the molecule is Cc1c(C=O)c2n(c1C)CCc1ccccc1-2. The number of nitrogens with zero attached hydrogens (tertiary/aromatic N) is 1. The maximum absolute atomic E-state index is 11.3. The Morgan fingerprint density at radius 3 is 2.76 bits per heavy atom. The lowest BCUT2D eigenvalue weighted by Gasteiger charge is -2.21. The van der Waals surface area contributed by atoms with Crippen LogP contribution in [-0.2, 0) is 13.0 Å². The highest BCUT2D eigenvalue weighted by Crippen LogP contribution is 2.35. The number of rotatable bonds is 1. The summed E-state index contributed by atoms with van der Waals surface area (Å²) < 4.78 is 2.28. The Morgan fingerprint density at radius 1 is 1.24 bits per heavy atom. The Bertz CT molecular complexity index is 608. The fourth-order valence-electron chi connectivity index (χ4n) is 2.80. The molecule has 2 heteroatoms. The van der Waals surface area contributed by atoms with Gasteiger partial charge < -0.3 is 4.57 Å². The molecule has 2 nitrogen and oxygen atoms in total. The molecule has 1 aliphatic rings. The third-order valence-electron chi connectivity index (χ3n) is 3.87. The lowest BCUT2D eigenvalue weighted by atomic mass is 9.96. The van der Waals surface area contributed by atoms with Crippen LogP contribution in [0.2, 0.25) is 0 Å². The van der Waals surface area contributed by atoms with Crippen LogP contribution in [0.15, 0.2) is 24.3 Å². The summed E-state index contributed by atoms with van der Waals surface area (Å²) in [5, 5.41) is 0. The van der Waals surface area contributed by atoms with Gasteiger partial charge in [-0.25, -0.2) is 0 Å². The normalized spacial score (nSPS) is 13.1. The number of hydrogen-bond acceptors (Lipinski definition) is 1. The maximum Gasteiger partial charge on any atom is 0.152 e. The van der Waals surface area contributed by atoms with E-state index in [1.807, 2.05) is 13.0 Å². The topological polar surface area (TPSA) is 22.0 Å². The molecule has 0 unspecified atom stereocenters. The molecular weight excluding hydrogens is 210 g/mol. The van der Waals surface area contributed by atoms with E-state index in [2.05, 4.69) is 29.7 Å². The van der Waals surface area contributed by atoms with E-state index in [9.17, 15) is 4.79 Å². The first-order chi connectivity index (χ1) is 8.24. The second kappa shape index (κ2) is 3.59. The van der Waals surface area contributed by atoms with Crippen LogP contribution in [0, 0.1) is 13.8 Å². The molecule has 0 atom stereocenters. The highest BCUT2D eigenvalue weighted by Gasteiger charge is 2.23. The molecule has 1 aromatic heterocycles. The van der Waals surface area contributed by atoms with Crippen molar-refractivity contribution in [2.45, 2.75) is 26.8 Å². The van der Waals surface area contributed by atoms with E-state index in [4.69, 9.17) is 0 Å². The summed E-state index contributed by atoms with van der Waals surface area (Å²) in [6.07, 6.45) is 2.05. The van der Waals surface area contributed by atoms with Gasteiger partial charge in [-0.3, -0.25) is 4.79 Å². The van der Waals surface area contributed by atoms with Gasteiger partial charge in [-0.05, 0) is 31.4 Å². The summed E-state index contributed by atoms with van der Waals surface area (Å²) in [5.74, 6) is 0. The van der Waals surface area contributed by atoms with Crippen molar-refractivity contribution in [1.82, 2.24) is 4.57 Å². The average Bonchev–Trinajstić information content (AvgIpc) is 2.62. The molecule has 3 rings (SSSR count). The molecule has 2 aromatic rings. The Balaban J connectivity index is 2.38. The molecule has 0 amide bonds. The van der Waals surface area contributed by atoms with Gasteiger partial charge in [0.25, 0.3) is 0 Å². The van der Waals surface area contributed by atoms with E-state index >= 15 is 0 Å². The van der Waals surface area contributed by atoms with Gasteiger partial charge >= 0.3 is 0 Å². The van der Waals surface area contributed by atoms with Gasteiger partial charge in [0.1, 0.15) is 0 Å². The molecule has 0 radical (unpaired) electrons. The van der Waals surface area contributed by atoms with Gasteiger partial charge in [0.05, 0.1) is 5.69 Å². The minimum absolute atomic E-state index is 0.856. The van der Waals surface area contributed by atoms with Crippen molar-refractivity contribution in [2.75, 3.05) is 0 Å². The van der Waals surface area contributed by atoms with Crippen molar-refractivity contribution in [1.29, 1.82) is 0 Å². The van der Waals surface area contributed by atoms with Gasteiger partial charge in [-0.15, -0.1) is 0 Å². The van der Waals surface area contributed by atoms with E-state index in [0.717, 1.165) is 36.1 Å². The quantitative estimate of drug-likeness (QED) is 0.683. The molecule has 0 aliphatic carbocycles. The van der Waals surface area contributed by atoms with Crippen LogP contribution in [0.5, 0.6) is 0 Å². The van der Waals surface area contributed by atoms with Crippen molar-refractivity contribution in [3.8, 4) is 11.3 Å². The molecule has 0 N–H and O–H groups in total. The minimum Gasteiger partial charge on any atom is -0.344 e. The summed E-state index contributed by atoms with van der Waals surface area (Å²) in [6, 6.07) is 8.38. The fourth-order valence-corrected chi connectivity index (χ4v) is 2.80. The lowest BCUT2D eigenvalue weighted by Crippen LogP contribution is -2.12. The number of fused-ring (bicyclic) bond motifs is 3. The van der Waals surface area contributed by atoms with E-state index < -0.39 is 0 Å². The van der Waals surface area contributed by atoms with Crippen molar-refractivity contribution >= 4 is 6.29 Å². The minimum atomic E-state index is 0.856. The van der Waals surface area contributed by atoms with Gasteiger partial charge in [0.15, 0.2) is 6.29 Å². The second-order valence-corrected chi connectivity index (χ2v) is 4.65. The Kier molecular flexibility index (Phi) is 2.18. The molecular formula is C15H15NO. The summed E-state index contributed by atoms with van der Waals surface area (Å²) in [5.41, 5.74) is 6.87. The highest BCUT2D eigenvalue weighted by atomic mass is 16.1. The first-order valence-electron chi connectivity index (χ1n) is 5.97. The van der Waals surface area contributed by atoms with Crippen LogP contribution >= 0.6 is 0 Å². The van der Waals surface area contributed by atoms with Gasteiger partial charge in [-0.2, -0.15) is 0 Å². The standard InChI is InChI=1S/C15H15NO/c1-10-11(2)16-8-7-12-5-3-4-6-13(12)15(16)14(10)9-17/h3-6,9H,7-8H2,1-2H3. The Hall–Kier alpha value is -1.83. The number of hydrogen-bond donors (Lipinski definition) is 0. The molecule has 1 aromatic carbocycles. The first kappa shape index (κ1) is 10.3. The maximum atomic E-state index is 11.3. The zero-order valence-electron chi connectivity index (χ0n) is 10.2. The molecule has 0 spiro atoms. The molecule has 2 heterocycles. The molecule has 17 heavy (non-hydrogen) atoms. The largest absolute Gasteiger partial charge is 0.344 e.